The number of anilines is 1. The molecule has 18 nitrogen and oxygen atoms in total. The SMILES string of the molecule is C.Cc1noc(C)c1-c1ccc2c(c1)nc([C@H]1CCC(=O)N1)n2[C@@H]1CCN(S(C)(=O)=O)C1.Cc1noc(C)c1-c1ccc2c(c1)nc([C@H]1CCC(=O)N1c1cc(Cl)cc(Cl)c1)n2[C@@H]1CCN(S(C)(=O)=O)C1. The lowest BCUT2D eigenvalue weighted by Crippen LogP contribution is -2.31. The standard InChI is InChI=1S/C27H27Cl2N5O4S.C21H25N5O4S.CH4/c1-15-26(16(2)38-31-15)17-4-5-23-22(10-17)30-27(34(23)20-8-9-32(14-20)39(3,36)37)24-6-7-25(35)33(24)21-12-18(28)11-19(29)13-21;1-12-20(13(2)30-24-12)14-4-6-18-17(10-14)23-21(16-5-7-19(27)22-16)26(18)15-8-9-25(11-15)31(3,28)29;/h4-5,10-13,20,24H,6-9,14H2,1-3H3;4,6,10,15-16H,5,7-9,11H2,1-3H3,(H,22,27);1H4/t20-,24-;15-,16-;/m11./s1. The van der Waals surface area contributed by atoms with Crippen molar-refractivity contribution >= 4 is 82.8 Å². The summed E-state index contributed by atoms with van der Waals surface area (Å²) in [5.74, 6) is 2.94. The van der Waals surface area contributed by atoms with Gasteiger partial charge in [-0.05, 0) is 107 Å². The van der Waals surface area contributed by atoms with Crippen LogP contribution in [0, 0.1) is 27.7 Å². The van der Waals surface area contributed by atoms with Gasteiger partial charge in [-0.3, -0.25) is 9.59 Å². The summed E-state index contributed by atoms with van der Waals surface area (Å²) in [6.07, 6.45) is 5.89. The average molecular weight is 1050 g/mol. The molecule has 4 saturated heterocycles. The van der Waals surface area contributed by atoms with E-state index in [0.717, 1.165) is 73.1 Å². The molecule has 4 fully saturated rings. The van der Waals surface area contributed by atoms with Crippen LogP contribution >= 0.6 is 23.2 Å². The van der Waals surface area contributed by atoms with E-state index in [0.29, 0.717) is 86.3 Å². The summed E-state index contributed by atoms with van der Waals surface area (Å²) in [5.41, 5.74) is 9.38. The predicted octanol–water partition coefficient (Wildman–Crippen LogP) is 8.79. The van der Waals surface area contributed by atoms with Crippen LogP contribution in [0.1, 0.15) is 105 Å². The number of hydrogen-bond acceptors (Lipinski definition) is 12. The first-order valence-corrected chi connectivity index (χ1v) is 27.6. The van der Waals surface area contributed by atoms with Gasteiger partial charge in [0.05, 0.1) is 70.1 Å². The Hall–Kier alpha value is -5.64. The molecule has 0 radical (unpaired) electrons. The number of aromatic nitrogens is 6. The Bertz CT molecular complexity index is 3420. The number of halogens is 2. The minimum absolute atomic E-state index is 0. The van der Waals surface area contributed by atoms with Crippen LogP contribution in [0.15, 0.2) is 63.6 Å². The van der Waals surface area contributed by atoms with Gasteiger partial charge in [0.25, 0.3) is 0 Å². The fraction of sp³-hybridized carbons (Fsp3) is 0.429. The predicted molar refractivity (Wildman–Crippen MR) is 272 cm³/mol. The number of benzene rings is 3. The van der Waals surface area contributed by atoms with Gasteiger partial charge in [-0.1, -0.05) is 53.1 Å². The first-order chi connectivity index (χ1) is 33.2. The molecule has 0 aliphatic carbocycles. The van der Waals surface area contributed by atoms with Gasteiger partial charge in [-0.25, -0.2) is 35.4 Å². The lowest BCUT2D eigenvalue weighted by molar-refractivity contribution is -0.119. The fourth-order valence-corrected chi connectivity index (χ4v) is 13.0. The molecule has 22 heteroatoms. The van der Waals surface area contributed by atoms with E-state index in [1.54, 1.807) is 23.1 Å². The van der Waals surface area contributed by atoms with Crippen molar-refractivity contribution in [1.82, 2.24) is 43.3 Å². The first-order valence-electron chi connectivity index (χ1n) is 23.1. The van der Waals surface area contributed by atoms with Gasteiger partial charge in [0.2, 0.25) is 31.9 Å². The average Bonchev–Trinajstić information content (AvgIpc) is 4.15. The van der Waals surface area contributed by atoms with Crippen LogP contribution < -0.4 is 10.2 Å². The van der Waals surface area contributed by atoms with Crippen molar-refractivity contribution in [3.05, 3.63) is 99.2 Å². The van der Waals surface area contributed by atoms with Crippen molar-refractivity contribution in [2.24, 2.45) is 0 Å². The smallest absolute Gasteiger partial charge is 0.227 e. The Kier molecular flexibility index (Phi) is 13.5. The van der Waals surface area contributed by atoms with E-state index < -0.39 is 20.0 Å². The third-order valence-electron chi connectivity index (χ3n) is 13.9. The number of fused-ring (bicyclic) bond motifs is 2. The van der Waals surface area contributed by atoms with E-state index in [1.807, 2.05) is 64.1 Å². The van der Waals surface area contributed by atoms with Crippen LogP contribution in [0.4, 0.5) is 5.69 Å². The minimum atomic E-state index is -3.34. The number of hydrogen-bond donors (Lipinski definition) is 1. The van der Waals surface area contributed by atoms with E-state index in [4.69, 9.17) is 42.2 Å². The highest BCUT2D eigenvalue weighted by Gasteiger charge is 2.41. The highest BCUT2D eigenvalue weighted by atomic mass is 35.5. The second-order valence-corrected chi connectivity index (χ2v) is 23.6. The van der Waals surface area contributed by atoms with Crippen LogP contribution in [0.25, 0.3) is 44.3 Å². The van der Waals surface area contributed by atoms with Gasteiger partial charge in [0.1, 0.15) is 23.2 Å². The normalized spacial score (nSPS) is 21.1. The molecule has 376 valence electrons. The summed E-state index contributed by atoms with van der Waals surface area (Å²) in [6, 6.07) is 16.5. The number of nitrogens with one attached hydrogen (secondary N) is 1. The van der Waals surface area contributed by atoms with E-state index >= 15 is 0 Å². The van der Waals surface area contributed by atoms with Crippen LogP contribution in [0.2, 0.25) is 10.0 Å². The molecule has 4 aliphatic rings. The lowest BCUT2D eigenvalue weighted by Gasteiger charge is -2.27. The molecule has 0 spiro atoms. The maximum Gasteiger partial charge on any atom is 0.227 e. The third-order valence-corrected chi connectivity index (χ3v) is 16.9. The lowest BCUT2D eigenvalue weighted by atomic mass is 10.0. The number of sulfonamides is 2. The zero-order chi connectivity index (χ0) is 49.6. The molecule has 0 unspecified atom stereocenters. The van der Waals surface area contributed by atoms with Gasteiger partial charge in [-0.2, -0.15) is 0 Å². The molecule has 4 aromatic heterocycles. The van der Waals surface area contributed by atoms with Gasteiger partial charge < -0.3 is 28.4 Å². The van der Waals surface area contributed by atoms with E-state index in [1.165, 1.54) is 21.1 Å². The Morgan fingerprint density at radius 3 is 1.58 bits per heavy atom. The molecule has 11 rings (SSSR count). The number of imidazole rings is 2. The van der Waals surface area contributed by atoms with Crippen molar-refractivity contribution in [2.75, 3.05) is 43.6 Å². The van der Waals surface area contributed by atoms with Crippen LogP contribution in [-0.2, 0) is 29.6 Å². The van der Waals surface area contributed by atoms with Crippen LogP contribution in [-0.4, -0.2) is 105 Å². The summed E-state index contributed by atoms with van der Waals surface area (Å²) >= 11 is 12.6. The summed E-state index contributed by atoms with van der Waals surface area (Å²) in [7, 11) is -6.60. The second-order valence-electron chi connectivity index (χ2n) is 18.7. The molecular formula is C49H56Cl2N10O8S2. The monoisotopic (exact) mass is 1050 g/mol. The highest BCUT2D eigenvalue weighted by Crippen LogP contribution is 2.43. The fourth-order valence-electron chi connectivity index (χ4n) is 10.8. The van der Waals surface area contributed by atoms with Crippen molar-refractivity contribution in [3.8, 4) is 22.3 Å². The molecule has 71 heavy (non-hydrogen) atoms. The van der Waals surface area contributed by atoms with Crippen molar-refractivity contribution < 1.29 is 35.5 Å². The zero-order valence-corrected chi connectivity index (χ0v) is 42.6. The number of carbonyl (C=O) groups is 2. The summed E-state index contributed by atoms with van der Waals surface area (Å²) < 4.78 is 66.8. The molecule has 4 aliphatic heterocycles. The quantitative estimate of drug-likeness (QED) is 0.144. The number of amides is 2. The molecule has 2 amide bonds. The van der Waals surface area contributed by atoms with Gasteiger partial charge in [0.15, 0.2) is 0 Å². The Labute approximate surface area is 422 Å². The van der Waals surface area contributed by atoms with Crippen LogP contribution in [0.5, 0.6) is 0 Å². The van der Waals surface area contributed by atoms with Crippen molar-refractivity contribution in [2.45, 2.75) is 97.8 Å². The third kappa shape index (κ3) is 9.49. The van der Waals surface area contributed by atoms with E-state index in [9.17, 15) is 26.4 Å². The minimum Gasteiger partial charge on any atom is -0.361 e. The molecule has 8 heterocycles. The number of carbonyl (C=O) groups excluding carboxylic acids is 2. The maximum atomic E-state index is 13.2. The van der Waals surface area contributed by atoms with Gasteiger partial charge >= 0.3 is 0 Å². The molecule has 3 aromatic carbocycles. The van der Waals surface area contributed by atoms with E-state index in [2.05, 4.69) is 24.8 Å². The second kappa shape index (κ2) is 19.1. The van der Waals surface area contributed by atoms with Gasteiger partial charge in [0, 0.05) is 65.9 Å². The van der Waals surface area contributed by atoms with Crippen molar-refractivity contribution in [1.29, 1.82) is 0 Å². The molecular weight excluding hydrogens is 992 g/mol. The maximum absolute atomic E-state index is 13.2. The molecule has 1 N–H and O–H groups in total. The molecule has 4 atom stereocenters. The topological polar surface area (TPSA) is 212 Å². The number of nitrogens with zero attached hydrogens (tertiary/aromatic N) is 9. The molecule has 0 saturated carbocycles. The Balaban J connectivity index is 0.000000178. The van der Waals surface area contributed by atoms with Crippen molar-refractivity contribution in [3.63, 3.8) is 0 Å². The number of rotatable bonds is 9. The largest absolute Gasteiger partial charge is 0.361 e. The molecule has 7 aromatic rings. The first kappa shape index (κ1) is 50.3. The summed E-state index contributed by atoms with van der Waals surface area (Å²) in [4.78, 5) is 36.8. The summed E-state index contributed by atoms with van der Waals surface area (Å²) in [6.45, 7) is 9.22. The van der Waals surface area contributed by atoms with Gasteiger partial charge in [-0.15, -0.1) is 0 Å². The Morgan fingerprint density at radius 1 is 0.648 bits per heavy atom. The zero-order valence-electron chi connectivity index (χ0n) is 39.4. The Morgan fingerprint density at radius 2 is 1.14 bits per heavy atom. The summed E-state index contributed by atoms with van der Waals surface area (Å²) in [5, 5.41) is 12.0. The van der Waals surface area contributed by atoms with E-state index in [-0.39, 0.29) is 43.4 Å². The molecule has 0 bridgehead atoms. The highest BCUT2D eigenvalue weighted by molar-refractivity contribution is 7.88. The van der Waals surface area contributed by atoms with Crippen LogP contribution in [0.3, 0.4) is 0 Å². The number of aryl methyl sites for hydroxylation is 4.